The highest BCUT2D eigenvalue weighted by Crippen LogP contribution is 2.28. The molecule has 0 N–H and O–H groups in total. The zero-order chi connectivity index (χ0) is 17.9. The van der Waals surface area contributed by atoms with Crippen LogP contribution >= 0.6 is 0 Å². The van der Waals surface area contributed by atoms with Crippen LogP contribution < -0.4 is 9.04 Å². The first-order chi connectivity index (χ1) is 12.0. The number of esters is 1. The Morgan fingerprint density at radius 1 is 1.00 bits per heavy atom. The number of hydrogen-bond donors (Lipinski definition) is 0. The topological polar surface area (TPSA) is 63.7 Å². The Morgan fingerprint density at radius 3 is 2.20 bits per heavy atom. The summed E-state index contributed by atoms with van der Waals surface area (Å²) in [5.74, 6) is 0.225. The van der Waals surface area contributed by atoms with Crippen LogP contribution in [0.2, 0.25) is 0 Å². The highest BCUT2D eigenvalue weighted by atomic mass is 32.2. The zero-order valence-electron chi connectivity index (χ0n) is 14.1. The van der Waals surface area contributed by atoms with Gasteiger partial charge in [-0.1, -0.05) is 31.0 Å². The van der Waals surface area contributed by atoms with E-state index in [1.54, 1.807) is 54.6 Å². The van der Waals surface area contributed by atoms with Crippen molar-refractivity contribution in [2.75, 3.05) is 11.4 Å². The van der Waals surface area contributed by atoms with Gasteiger partial charge in [0.1, 0.15) is 5.75 Å². The Hall–Kier alpha value is -2.34. The van der Waals surface area contributed by atoms with Crippen molar-refractivity contribution >= 4 is 21.7 Å². The van der Waals surface area contributed by atoms with Gasteiger partial charge in [-0.3, -0.25) is 9.10 Å². The molecular weight excluding hydrogens is 338 g/mol. The Bertz CT molecular complexity index is 825. The fourth-order valence-electron chi connectivity index (χ4n) is 2.97. The van der Waals surface area contributed by atoms with E-state index in [2.05, 4.69) is 0 Å². The second kappa shape index (κ2) is 7.27. The van der Waals surface area contributed by atoms with Crippen molar-refractivity contribution in [1.29, 1.82) is 0 Å². The molecule has 6 heteroatoms. The Balaban J connectivity index is 1.72. The van der Waals surface area contributed by atoms with E-state index in [0.29, 0.717) is 11.4 Å². The molecular formula is C19H21NO4S. The van der Waals surface area contributed by atoms with Gasteiger partial charge in [0.25, 0.3) is 10.0 Å². The summed E-state index contributed by atoms with van der Waals surface area (Å²) in [6.45, 7) is 0. The van der Waals surface area contributed by atoms with E-state index in [0.717, 1.165) is 25.7 Å². The molecule has 0 bridgehead atoms. The van der Waals surface area contributed by atoms with Crippen molar-refractivity contribution in [2.45, 2.75) is 30.6 Å². The standard InChI is InChI=1S/C19H21NO4S/c1-20(25(22,23)18-9-3-2-4-10-18)16-11-13-17(14-12-16)24-19(21)15-7-5-6-8-15/h2-4,9-15H,5-8H2,1H3. The monoisotopic (exact) mass is 359 g/mol. The molecule has 25 heavy (non-hydrogen) atoms. The van der Waals surface area contributed by atoms with E-state index in [4.69, 9.17) is 4.74 Å². The maximum atomic E-state index is 12.6. The van der Waals surface area contributed by atoms with E-state index >= 15 is 0 Å². The minimum absolute atomic E-state index is 0.0131. The molecule has 2 aromatic carbocycles. The summed E-state index contributed by atoms with van der Waals surface area (Å²) in [5.41, 5.74) is 0.504. The molecule has 1 fully saturated rings. The van der Waals surface area contributed by atoms with Crippen molar-refractivity contribution in [2.24, 2.45) is 5.92 Å². The van der Waals surface area contributed by atoms with Gasteiger partial charge in [-0.2, -0.15) is 0 Å². The number of carbonyl (C=O) groups excluding carboxylic acids is 1. The molecule has 0 radical (unpaired) electrons. The molecule has 1 saturated carbocycles. The van der Waals surface area contributed by atoms with Crippen LogP contribution in [-0.4, -0.2) is 21.4 Å². The number of sulfonamides is 1. The summed E-state index contributed by atoms with van der Waals surface area (Å²) in [6, 6.07) is 14.8. The van der Waals surface area contributed by atoms with E-state index in [1.807, 2.05) is 0 Å². The van der Waals surface area contributed by atoms with Crippen LogP contribution in [0.5, 0.6) is 5.75 Å². The third-order valence-electron chi connectivity index (χ3n) is 4.51. The SMILES string of the molecule is CN(c1ccc(OC(=O)C2CCCC2)cc1)S(=O)(=O)c1ccccc1. The van der Waals surface area contributed by atoms with Gasteiger partial charge in [0.2, 0.25) is 0 Å². The smallest absolute Gasteiger partial charge is 0.314 e. The number of hydrogen-bond acceptors (Lipinski definition) is 4. The number of rotatable bonds is 5. The summed E-state index contributed by atoms with van der Waals surface area (Å²) in [5, 5.41) is 0. The van der Waals surface area contributed by atoms with Gasteiger partial charge < -0.3 is 4.74 Å². The summed E-state index contributed by atoms with van der Waals surface area (Å²) in [4.78, 5) is 12.3. The fraction of sp³-hybridized carbons (Fsp3) is 0.316. The van der Waals surface area contributed by atoms with Gasteiger partial charge in [-0.25, -0.2) is 8.42 Å². The molecule has 132 valence electrons. The lowest BCUT2D eigenvalue weighted by atomic mass is 10.1. The first kappa shape index (κ1) is 17.5. The average Bonchev–Trinajstić information content (AvgIpc) is 3.17. The van der Waals surface area contributed by atoms with E-state index in [9.17, 15) is 13.2 Å². The largest absolute Gasteiger partial charge is 0.426 e. The van der Waals surface area contributed by atoms with E-state index in [1.165, 1.54) is 11.4 Å². The fourth-order valence-corrected chi connectivity index (χ4v) is 4.19. The summed E-state index contributed by atoms with van der Waals surface area (Å²) in [6.07, 6.45) is 3.91. The molecule has 3 rings (SSSR count). The lowest BCUT2D eigenvalue weighted by molar-refractivity contribution is -0.138. The van der Waals surface area contributed by atoms with Crippen LogP contribution in [0.3, 0.4) is 0 Å². The predicted octanol–water partition coefficient (Wildman–Crippen LogP) is 3.61. The molecule has 0 amide bonds. The molecule has 1 aliphatic rings. The van der Waals surface area contributed by atoms with Crippen LogP contribution in [0.25, 0.3) is 0 Å². The van der Waals surface area contributed by atoms with Gasteiger partial charge in [0.05, 0.1) is 16.5 Å². The Morgan fingerprint density at radius 2 is 1.60 bits per heavy atom. The number of carbonyl (C=O) groups is 1. The number of anilines is 1. The second-order valence-corrected chi connectivity index (χ2v) is 8.15. The zero-order valence-corrected chi connectivity index (χ0v) is 14.9. The van der Waals surface area contributed by atoms with Crippen LogP contribution in [0.1, 0.15) is 25.7 Å². The van der Waals surface area contributed by atoms with Crippen LogP contribution in [-0.2, 0) is 14.8 Å². The molecule has 0 heterocycles. The van der Waals surface area contributed by atoms with Crippen molar-refractivity contribution in [1.82, 2.24) is 0 Å². The maximum absolute atomic E-state index is 12.6. The lowest BCUT2D eigenvalue weighted by Crippen LogP contribution is -2.26. The third-order valence-corrected chi connectivity index (χ3v) is 6.31. The average molecular weight is 359 g/mol. The van der Waals surface area contributed by atoms with Gasteiger partial charge in [0.15, 0.2) is 0 Å². The third kappa shape index (κ3) is 3.85. The number of benzene rings is 2. The summed E-state index contributed by atoms with van der Waals surface area (Å²) in [7, 11) is -2.11. The van der Waals surface area contributed by atoms with E-state index in [-0.39, 0.29) is 16.8 Å². The highest BCUT2D eigenvalue weighted by molar-refractivity contribution is 7.92. The first-order valence-corrected chi connectivity index (χ1v) is 9.78. The highest BCUT2D eigenvalue weighted by Gasteiger charge is 2.25. The van der Waals surface area contributed by atoms with E-state index < -0.39 is 10.0 Å². The van der Waals surface area contributed by atoms with Gasteiger partial charge >= 0.3 is 5.97 Å². The predicted molar refractivity (Wildman–Crippen MR) is 96.1 cm³/mol. The summed E-state index contributed by atoms with van der Waals surface area (Å²) >= 11 is 0. The first-order valence-electron chi connectivity index (χ1n) is 8.34. The molecule has 0 aliphatic heterocycles. The molecule has 0 aromatic heterocycles. The van der Waals surface area contributed by atoms with Gasteiger partial charge in [-0.15, -0.1) is 0 Å². The lowest BCUT2D eigenvalue weighted by Gasteiger charge is -2.19. The van der Waals surface area contributed by atoms with Gasteiger partial charge in [-0.05, 0) is 49.2 Å². The molecule has 0 saturated heterocycles. The maximum Gasteiger partial charge on any atom is 0.314 e. The van der Waals surface area contributed by atoms with Crippen molar-refractivity contribution in [3.8, 4) is 5.75 Å². The molecule has 0 atom stereocenters. The van der Waals surface area contributed by atoms with Crippen LogP contribution in [0.15, 0.2) is 59.5 Å². The van der Waals surface area contributed by atoms with Crippen molar-refractivity contribution < 1.29 is 17.9 Å². The minimum Gasteiger partial charge on any atom is -0.426 e. The van der Waals surface area contributed by atoms with Crippen LogP contribution in [0.4, 0.5) is 5.69 Å². The Labute approximate surface area is 148 Å². The van der Waals surface area contributed by atoms with Crippen molar-refractivity contribution in [3.05, 3.63) is 54.6 Å². The molecule has 1 aliphatic carbocycles. The molecule has 0 spiro atoms. The normalized spacial score (nSPS) is 15.1. The molecule has 5 nitrogen and oxygen atoms in total. The minimum atomic E-state index is -3.62. The molecule has 2 aromatic rings. The van der Waals surface area contributed by atoms with Gasteiger partial charge in [0, 0.05) is 7.05 Å². The summed E-state index contributed by atoms with van der Waals surface area (Å²) < 4.78 is 31.8. The molecule has 0 unspecified atom stereocenters. The van der Waals surface area contributed by atoms with Crippen LogP contribution in [0, 0.1) is 5.92 Å². The second-order valence-electron chi connectivity index (χ2n) is 6.18. The van der Waals surface area contributed by atoms with Crippen molar-refractivity contribution in [3.63, 3.8) is 0 Å². The quantitative estimate of drug-likeness (QED) is 0.604. The Kier molecular flexibility index (Phi) is 5.08. The number of ether oxygens (including phenoxy) is 1. The number of nitrogens with zero attached hydrogens (tertiary/aromatic N) is 1.